The van der Waals surface area contributed by atoms with Crippen LogP contribution in [0.15, 0.2) is 42.6 Å². The predicted molar refractivity (Wildman–Crippen MR) is 150 cm³/mol. The van der Waals surface area contributed by atoms with Crippen molar-refractivity contribution in [3.8, 4) is 0 Å². The molecule has 4 amide bonds. The van der Waals surface area contributed by atoms with E-state index in [-0.39, 0.29) is 35.3 Å². The van der Waals surface area contributed by atoms with Gasteiger partial charge >= 0.3 is 12.2 Å². The first-order chi connectivity index (χ1) is 20.0. The fraction of sp³-hybridized carbons (Fsp3) is 0.370. The van der Waals surface area contributed by atoms with Gasteiger partial charge in [0, 0.05) is 32.6 Å². The molecule has 42 heavy (non-hydrogen) atoms. The second-order valence-corrected chi connectivity index (χ2v) is 10.5. The Hall–Kier alpha value is -4.27. The highest BCUT2D eigenvalue weighted by atomic mass is 32.1. The van der Waals surface area contributed by atoms with E-state index in [9.17, 15) is 31.9 Å². The number of nitrogens with zero attached hydrogens (tertiary/aromatic N) is 4. The Bertz CT molecular complexity index is 1410. The zero-order valence-corrected chi connectivity index (χ0v) is 23.4. The number of carbonyl (C=O) groups excluding carboxylic acids is 3. The molecule has 0 aliphatic carbocycles. The predicted octanol–water partition coefficient (Wildman–Crippen LogP) is 5.11. The summed E-state index contributed by atoms with van der Waals surface area (Å²) in [6, 6.07) is 8.58. The molecular formula is C27H29F4N7O3S. The van der Waals surface area contributed by atoms with Crippen molar-refractivity contribution in [3.05, 3.63) is 64.0 Å². The van der Waals surface area contributed by atoms with Crippen LogP contribution in [0.2, 0.25) is 0 Å². The van der Waals surface area contributed by atoms with Crippen molar-refractivity contribution in [2.75, 3.05) is 41.7 Å². The van der Waals surface area contributed by atoms with Gasteiger partial charge in [0.2, 0.25) is 5.91 Å². The minimum absolute atomic E-state index is 0.0347. The molecule has 3 N–H and O–H groups in total. The number of thiazole rings is 1. The van der Waals surface area contributed by atoms with Gasteiger partial charge in [-0.3, -0.25) is 9.59 Å². The van der Waals surface area contributed by atoms with Crippen LogP contribution in [-0.4, -0.2) is 58.9 Å². The zero-order chi connectivity index (χ0) is 30.3. The van der Waals surface area contributed by atoms with Crippen molar-refractivity contribution in [2.45, 2.75) is 38.9 Å². The van der Waals surface area contributed by atoms with Crippen LogP contribution in [0.1, 0.15) is 46.6 Å². The number of hydrogen-bond donors (Lipinski definition) is 3. The molecule has 1 aliphatic heterocycles. The van der Waals surface area contributed by atoms with Gasteiger partial charge in [-0.2, -0.15) is 13.2 Å². The maximum absolute atomic E-state index is 13.8. The van der Waals surface area contributed by atoms with E-state index in [1.54, 1.807) is 17.0 Å². The highest BCUT2D eigenvalue weighted by molar-refractivity contribution is 7.14. The van der Waals surface area contributed by atoms with Gasteiger partial charge < -0.3 is 25.8 Å². The summed E-state index contributed by atoms with van der Waals surface area (Å²) in [7, 11) is 0. The van der Waals surface area contributed by atoms with Crippen molar-refractivity contribution in [1.29, 1.82) is 0 Å². The summed E-state index contributed by atoms with van der Waals surface area (Å²) in [5, 5.41) is 7.47. The van der Waals surface area contributed by atoms with Crippen molar-refractivity contribution in [2.24, 2.45) is 0 Å². The van der Waals surface area contributed by atoms with Crippen molar-refractivity contribution < 1.29 is 31.9 Å². The number of pyridine rings is 1. The van der Waals surface area contributed by atoms with Gasteiger partial charge in [-0.1, -0.05) is 25.5 Å². The van der Waals surface area contributed by atoms with Crippen LogP contribution in [0.4, 0.5) is 39.5 Å². The van der Waals surface area contributed by atoms with E-state index >= 15 is 0 Å². The Morgan fingerprint density at radius 3 is 2.40 bits per heavy atom. The SMILES string of the molecule is CCCCC(=O)NCc1nc(C(F)(F)F)c(C(=O)Nc2ccc(N3CCN(C(=O)Nc4ccccc4F)CC3)nc2)s1. The largest absolute Gasteiger partial charge is 0.435 e. The molecule has 0 atom stereocenters. The summed E-state index contributed by atoms with van der Waals surface area (Å²) in [4.78, 5) is 47.8. The average molecular weight is 608 g/mol. The topological polar surface area (TPSA) is 120 Å². The summed E-state index contributed by atoms with van der Waals surface area (Å²) < 4.78 is 54.6. The smallest absolute Gasteiger partial charge is 0.353 e. The highest BCUT2D eigenvalue weighted by Crippen LogP contribution is 2.35. The van der Waals surface area contributed by atoms with Crippen LogP contribution < -0.4 is 20.9 Å². The van der Waals surface area contributed by atoms with Crippen molar-refractivity contribution in [3.63, 3.8) is 0 Å². The zero-order valence-electron chi connectivity index (χ0n) is 22.6. The monoisotopic (exact) mass is 607 g/mol. The summed E-state index contributed by atoms with van der Waals surface area (Å²) in [5.74, 6) is -1.27. The van der Waals surface area contributed by atoms with E-state index < -0.39 is 34.5 Å². The van der Waals surface area contributed by atoms with Crippen LogP contribution >= 0.6 is 11.3 Å². The fourth-order valence-corrected chi connectivity index (χ4v) is 5.04. The van der Waals surface area contributed by atoms with Crippen LogP contribution in [0.25, 0.3) is 0 Å². The van der Waals surface area contributed by atoms with Crippen LogP contribution in [0.5, 0.6) is 0 Å². The van der Waals surface area contributed by atoms with Crippen LogP contribution in [0.3, 0.4) is 0 Å². The Labute approximate surface area is 243 Å². The van der Waals surface area contributed by atoms with Crippen LogP contribution in [0, 0.1) is 5.82 Å². The number of benzene rings is 1. The number of unbranched alkanes of at least 4 members (excludes halogenated alkanes) is 1. The summed E-state index contributed by atoms with van der Waals surface area (Å²) in [5.41, 5.74) is -1.04. The summed E-state index contributed by atoms with van der Waals surface area (Å²) in [6.07, 6.45) is -1.82. The van der Waals surface area contributed by atoms with E-state index in [1.807, 2.05) is 11.8 Å². The van der Waals surface area contributed by atoms with E-state index in [2.05, 4.69) is 25.9 Å². The number of piperazine rings is 1. The molecule has 224 valence electrons. The van der Waals surface area contributed by atoms with Gasteiger partial charge in [-0.25, -0.2) is 19.2 Å². The van der Waals surface area contributed by atoms with Gasteiger partial charge in [-0.05, 0) is 30.7 Å². The lowest BCUT2D eigenvalue weighted by molar-refractivity contribution is -0.141. The average Bonchev–Trinajstić information content (AvgIpc) is 3.42. The third kappa shape index (κ3) is 7.93. The molecule has 0 unspecified atom stereocenters. The maximum atomic E-state index is 13.8. The highest BCUT2D eigenvalue weighted by Gasteiger charge is 2.39. The van der Waals surface area contributed by atoms with Gasteiger partial charge in [-0.15, -0.1) is 11.3 Å². The molecule has 0 spiro atoms. The second kappa shape index (κ2) is 13.6. The van der Waals surface area contributed by atoms with Crippen molar-refractivity contribution in [1.82, 2.24) is 20.2 Å². The van der Waals surface area contributed by atoms with E-state index in [0.717, 1.165) is 6.42 Å². The number of urea groups is 1. The van der Waals surface area contributed by atoms with Gasteiger partial charge in [0.05, 0.1) is 24.1 Å². The Morgan fingerprint density at radius 1 is 1.02 bits per heavy atom. The Kier molecular flexibility index (Phi) is 9.93. The van der Waals surface area contributed by atoms with Crippen LogP contribution in [-0.2, 0) is 17.5 Å². The molecule has 0 bridgehead atoms. The molecule has 2 aromatic heterocycles. The first-order valence-electron chi connectivity index (χ1n) is 13.2. The van der Waals surface area contributed by atoms with E-state index in [0.29, 0.717) is 49.8 Å². The summed E-state index contributed by atoms with van der Waals surface area (Å²) >= 11 is 0.564. The fourth-order valence-electron chi connectivity index (χ4n) is 4.12. The quantitative estimate of drug-likeness (QED) is 0.291. The maximum Gasteiger partial charge on any atom is 0.435 e. The number of amides is 4. The molecule has 3 aromatic rings. The molecule has 3 heterocycles. The Balaban J connectivity index is 1.33. The number of rotatable bonds is 9. The third-order valence-corrected chi connectivity index (χ3v) is 7.41. The molecule has 10 nitrogen and oxygen atoms in total. The Morgan fingerprint density at radius 2 is 1.76 bits per heavy atom. The lowest BCUT2D eigenvalue weighted by Crippen LogP contribution is -2.50. The normalized spacial score (nSPS) is 13.5. The first-order valence-corrected chi connectivity index (χ1v) is 14.0. The number of alkyl halides is 3. The first kappa shape index (κ1) is 30.7. The molecule has 1 aliphatic rings. The molecule has 4 rings (SSSR count). The number of carbonyl (C=O) groups is 3. The van der Waals surface area contributed by atoms with E-state index in [1.165, 1.54) is 30.5 Å². The second-order valence-electron chi connectivity index (χ2n) is 9.41. The van der Waals surface area contributed by atoms with Crippen molar-refractivity contribution >= 4 is 46.4 Å². The molecule has 15 heteroatoms. The molecule has 0 radical (unpaired) electrons. The lowest BCUT2D eigenvalue weighted by atomic mass is 10.2. The third-order valence-electron chi connectivity index (χ3n) is 6.35. The van der Waals surface area contributed by atoms with Gasteiger partial charge in [0.15, 0.2) is 5.69 Å². The van der Waals surface area contributed by atoms with E-state index in [4.69, 9.17) is 0 Å². The standard InChI is InChI=1S/C27H29F4N7O3S/c1-2-3-8-21(39)33-16-22-36-24(27(29,30)31)23(42-22)25(40)34-17-9-10-20(32-15-17)37-11-13-38(14-12-37)26(41)35-19-7-5-4-6-18(19)28/h4-7,9-10,15H,2-3,8,11-14,16H2,1H3,(H,33,39)(H,34,40)(H,35,41). The summed E-state index contributed by atoms with van der Waals surface area (Å²) in [6.45, 7) is 3.30. The number of halogens is 4. The van der Waals surface area contributed by atoms with Gasteiger partial charge in [0.1, 0.15) is 21.5 Å². The molecule has 0 saturated carbocycles. The number of aromatic nitrogens is 2. The minimum atomic E-state index is -4.86. The number of para-hydroxylation sites is 1. The molecule has 1 aromatic carbocycles. The number of nitrogens with one attached hydrogen (secondary N) is 3. The van der Waals surface area contributed by atoms with Gasteiger partial charge in [0.25, 0.3) is 5.91 Å². The number of hydrogen-bond acceptors (Lipinski definition) is 7. The minimum Gasteiger partial charge on any atom is -0.353 e. The molecule has 1 saturated heterocycles. The molecule has 1 fully saturated rings. The lowest BCUT2D eigenvalue weighted by Gasteiger charge is -2.35. The number of anilines is 3. The molecular weight excluding hydrogens is 578 g/mol.